The third kappa shape index (κ3) is 4.66. The first-order valence-corrected chi connectivity index (χ1v) is 6.12. The quantitative estimate of drug-likeness (QED) is 0.687. The summed E-state index contributed by atoms with van der Waals surface area (Å²) in [6.45, 7) is 10.1. The van der Waals surface area contributed by atoms with Gasteiger partial charge in [-0.3, -0.25) is 4.68 Å². The van der Waals surface area contributed by atoms with Crippen LogP contribution in [-0.2, 0) is 6.54 Å². The highest BCUT2D eigenvalue weighted by molar-refractivity contribution is 5.11. The van der Waals surface area contributed by atoms with Crippen LogP contribution in [0.15, 0.2) is 12.4 Å². The van der Waals surface area contributed by atoms with Crippen LogP contribution in [0.4, 0.5) is 0 Å². The van der Waals surface area contributed by atoms with Crippen molar-refractivity contribution in [2.24, 2.45) is 5.92 Å². The van der Waals surface area contributed by atoms with Crippen molar-refractivity contribution in [3.63, 3.8) is 0 Å². The van der Waals surface area contributed by atoms with Crippen LogP contribution in [-0.4, -0.2) is 29.5 Å². The van der Waals surface area contributed by atoms with Gasteiger partial charge in [-0.15, -0.1) is 0 Å². The highest BCUT2D eigenvalue weighted by atomic mass is 16.5. The highest BCUT2D eigenvalue weighted by Gasteiger charge is 2.04. The lowest BCUT2D eigenvalue weighted by Crippen LogP contribution is -2.25. The summed E-state index contributed by atoms with van der Waals surface area (Å²) in [4.78, 5) is 0. The first-order chi connectivity index (χ1) is 7.76. The minimum atomic E-state index is 0.525. The molecule has 1 heterocycles. The molecule has 0 aliphatic heterocycles. The second-order valence-electron chi connectivity index (χ2n) is 4.15. The number of aromatic nitrogens is 2. The predicted molar refractivity (Wildman–Crippen MR) is 65.7 cm³/mol. The molecule has 0 aliphatic rings. The van der Waals surface area contributed by atoms with Crippen LogP contribution in [0.25, 0.3) is 0 Å². The summed E-state index contributed by atoms with van der Waals surface area (Å²) in [7, 11) is 0. The van der Waals surface area contributed by atoms with Crippen molar-refractivity contribution in [3.05, 3.63) is 12.4 Å². The molecule has 0 saturated carbocycles. The van der Waals surface area contributed by atoms with E-state index in [-0.39, 0.29) is 0 Å². The molecule has 1 unspecified atom stereocenters. The fourth-order valence-electron chi connectivity index (χ4n) is 1.41. The van der Waals surface area contributed by atoms with Gasteiger partial charge in [0.25, 0.3) is 0 Å². The molecule has 1 N–H and O–H groups in total. The monoisotopic (exact) mass is 225 g/mol. The Morgan fingerprint density at radius 3 is 2.94 bits per heavy atom. The van der Waals surface area contributed by atoms with Gasteiger partial charge in [-0.2, -0.15) is 5.10 Å². The maximum absolute atomic E-state index is 5.66. The summed E-state index contributed by atoms with van der Waals surface area (Å²) >= 11 is 0. The first kappa shape index (κ1) is 13.0. The lowest BCUT2D eigenvalue weighted by atomic mass is 10.2. The van der Waals surface area contributed by atoms with Gasteiger partial charge in [0.1, 0.15) is 0 Å². The van der Waals surface area contributed by atoms with Crippen LogP contribution in [0.1, 0.15) is 27.2 Å². The van der Waals surface area contributed by atoms with Crippen LogP contribution in [0, 0.1) is 5.92 Å². The summed E-state index contributed by atoms with van der Waals surface area (Å²) in [5.74, 6) is 1.39. The van der Waals surface area contributed by atoms with E-state index in [4.69, 9.17) is 4.74 Å². The van der Waals surface area contributed by atoms with Crippen LogP contribution >= 0.6 is 0 Å². The lowest BCUT2D eigenvalue weighted by molar-refractivity contribution is 0.255. The molecule has 1 aromatic rings. The molecule has 4 heteroatoms. The van der Waals surface area contributed by atoms with Crippen LogP contribution in [0.2, 0.25) is 0 Å². The molecule has 0 saturated heterocycles. The molecule has 0 amide bonds. The lowest BCUT2D eigenvalue weighted by Gasteiger charge is -2.12. The van der Waals surface area contributed by atoms with Crippen molar-refractivity contribution >= 4 is 0 Å². The molecule has 1 aromatic heterocycles. The molecular weight excluding hydrogens is 202 g/mol. The van der Waals surface area contributed by atoms with Crippen molar-refractivity contribution < 1.29 is 4.74 Å². The third-order valence-corrected chi connectivity index (χ3v) is 2.39. The zero-order chi connectivity index (χ0) is 11.8. The van der Waals surface area contributed by atoms with Gasteiger partial charge in [0.05, 0.1) is 19.0 Å². The van der Waals surface area contributed by atoms with E-state index in [0.29, 0.717) is 5.92 Å². The maximum atomic E-state index is 5.66. The van der Waals surface area contributed by atoms with Gasteiger partial charge >= 0.3 is 0 Å². The number of hydrogen-bond acceptors (Lipinski definition) is 3. The van der Waals surface area contributed by atoms with E-state index in [1.54, 1.807) is 6.20 Å². The van der Waals surface area contributed by atoms with Crippen molar-refractivity contribution in [2.75, 3.05) is 19.7 Å². The van der Waals surface area contributed by atoms with E-state index in [1.165, 1.54) is 6.42 Å². The minimum absolute atomic E-state index is 0.525. The molecule has 92 valence electrons. The summed E-state index contributed by atoms with van der Waals surface area (Å²) in [5.41, 5.74) is 0. The standard InChI is InChI=1S/C12H23N3O/c1-4-6-13-7-11(3)10-16-12-8-14-15(5-2)9-12/h8-9,11,13H,4-7,10H2,1-3H3. The van der Waals surface area contributed by atoms with E-state index < -0.39 is 0 Å². The number of nitrogens with zero attached hydrogens (tertiary/aromatic N) is 2. The molecule has 0 spiro atoms. The summed E-state index contributed by atoms with van der Waals surface area (Å²) in [5, 5.41) is 7.55. The molecule has 0 radical (unpaired) electrons. The third-order valence-electron chi connectivity index (χ3n) is 2.39. The number of ether oxygens (including phenoxy) is 1. The average Bonchev–Trinajstić information content (AvgIpc) is 2.74. The number of nitrogens with one attached hydrogen (secondary N) is 1. The molecule has 4 nitrogen and oxygen atoms in total. The minimum Gasteiger partial charge on any atom is -0.490 e. The second kappa shape index (κ2) is 7.28. The summed E-state index contributed by atoms with van der Waals surface area (Å²) in [6.07, 6.45) is 4.89. The van der Waals surface area contributed by atoms with Gasteiger partial charge in [-0.05, 0) is 19.9 Å². The summed E-state index contributed by atoms with van der Waals surface area (Å²) in [6, 6.07) is 0. The zero-order valence-electron chi connectivity index (χ0n) is 10.6. The van der Waals surface area contributed by atoms with Crippen molar-refractivity contribution in [3.8, 4) is 5.75 Å². The molecule has 1 atom stereocenters. The van der Waals surface area contributed by atoms with Gasteiger partial charge in [-0.25, -0.2) is 0 Å². The average molecular weight is 225 g/mol. The van der Waals surface area contributed by atoms with Crippen molar-refractivity contribution in [2.45, 2.75) is 33.7 Å². The maximum Gasteiger partial charge on any atom is 0.157 e. The van der Waals surface area contributed by atoms with Gasteiger partial charge < -0.3 is 10.1 Å². The fourth-order valence-corrected chi connectivity index (χ4v) is 1.41. The van der Waals surface area contributed by atoms with E-state index in [1.807, 2.05) is 10.9 Å². The molecule has 1 rings (SSSR count). The summed E-state index contributed by atoms with van der Waals surface area (Å²) < 4.78 is 7.53. The first-order valence-electron chi connectivity index (χ1n) is 6.12. The van der Waals surface area contributed by atoms with E-state index in [9.17, 15) is 0 Å². The SMILES string of the molecule is CCCNCC(C)COc1cnn(CC)c1. The van der Waals surface area contributed by atoms with Crippen molar-refractivity contribution in [1.82, 2.24) is 15.1 Å². The number of rotatable bonds is 8. The van der Waals surface area contributed by atoms with E-state index >= 15 is 0 Å². The Morgan fingerprint density at radius 1 is 1.50 bits per heavy atom. The molecule has 0 aliphatic carbocycles. The smallest absolute Gasteiger partial charge is 0.157 e. The Balaban J connectivity index is 2.18. The molecule has 0 aromatic carbocycles. The number of aryl methyl sites for hydroxylation is 1. The Hall–Kier alpha value is -1.03. The molecular formula is C12H23N3O. The number of hydrogen-bond donors (Lipinski definition) is 1. The van der Waals surface area contributed by atoms with Crippen LogP contribution in [0.3, 0.4) is 0 Å². The van der Waals surface area contributed by atoms with Crippen LogP contribution in [0.5, 0.6) is 5.75 Å². The van der Waals surface area contributed by atoms with Gasteiger partial charge in [0.15, 0.2) is 5.75 Å². The topological polar surface area (TPSA) is 39.1 Å². The zero-order valence-corrected chi connectivity index (χ0v) is 10.6. The fraction of sp³-hybridized carbons (Fsp3) is 0.750. The highest BCUT2D eigenvalue weighted by Crippen LogP contribution is 2.09. The second-order valence-corrected chi connectivity index (χ2v) is 4.15. The van der Waals surface area contributed by atoms with Gasteiger partial charge in [0, 0.05) is 19.0 Å². The molecule has 0 fully saturated rings. The van der Waals surface area contributed by atoms with Crippen LogP contribution < -0.4 is 10.1 Å². The Kier molecular flexibility index (Phi) is 5.93. The van der Waals surface area contributed by atoms with Gasteiger partial charge in [-0.1, -0.05) is 13.8 Å². The van der Waals surface area contributed by atoms with E-state index in [2.05, 4.69) is 31.2 Å². The van der Waals surface area contributed by atoms with Crippen molar-refractivity contribution in [1.29, 1.82) is 0 Å². The molecule has 16 heavy (non-hydrogen) atoms. The Morgan fingerprint density at radius 2 is 2.31 bits per heavy atom. The largest absolute Gasteiger partial charge is 0.490 e. The van der Waals surface area contributed by atoms with Gasteiger partial charge in [0.2, 0.25) is 0 Å². The van der Waals surface area contributed by atoms with E-state index in [0.717, 1.165) is 32.0 Å². The molecule has 0 bridgehead atoms. The normalized spacial score (nSPS) is 12.7. The Bertz CT molecular complexity index is 286. The predicted octanol–water partition coefficient (Wildman–Crippen LogP) is 1.92. The Labute approximate surface area is 98.0 Å².